The van der Waals surface area contributed by atoms with Crippen molar-refractivity contribution < 1.29 is 8.78 Å². The molecule has 2 aromatic rings. The summed E-state index contributed by atoms with van der Waals surface area (Å²) in [5.41, 5.74) is 3.88. The van der Waals surface area contributed by atoms with Gasteiger partial charge in [-0.1, -0.05) is 31.2 Å². The van der Waals surface area contributed by atoms with Gasteiger partial charge in [0.05, 0.1) is 0 Å². The van der Waals surface area contributed by atoms with Gasteiger partial charge in [-0.25, -0.2) is 8.78 Å². The van der Waals surface area contributed by atoms with E-state index in [0.717, 1.165) is 5.56 Å². The van der Waals surface area contributed by atoms with E-state index in [-0.39, 0.29) is 5.56 Å². The van der Waals surface area contributed by atoms with E-state index in [1.807, 2.05) is 12.1 Å². The van der Waals surface area contributed by atoms with Crippen LogP contribution in [0.1, 0.15) is 56.6 Å². The van der Waals surface area contributed by atoms with Gasteiger partial charge in [-0.2, -0.15) is 0 Å². The van der Waals surface area contributed by atoms with Gasteiger partial charge in [0, 0.05) is 5.56 Å². The lowest BCUT2D eigenvalue weighted by molar-refractivity contribution is 0.0556. The standard InChI is InChI=1S/C22H24F2/c1-15-19(23)13-17(14-20(15)24)16-3-5-18(6-4-16)22-10-7-21(2,8-11-22)9-12-22/h3-6,13-14H,7-12H2,1-2H3. The third kappa shape index (κ3) is 2.47. The second-order valence-corrected chi connectivity index (χ2v) is 8.23. The molecule has 24 heavy (non-hydrogen) atoms. The molecule has 3 fully saturated rings. The molecule has 3 saturated carbocycles. The van der Waals surface area contributed by atoms with Gasteiger partial charge in [-0.15, -0.1) is 0 Å². The molecule has 126 valence electrons. The fraction of sp³-hybridized carbons (Fsp3) is 0.455. The maximum absolute atomic E-state index is 13.8. The van der Waals surface area contributed by atoms with Crippen LogP contribution in [0.2, 0.25) is 0 Å². The van der Waals surface area contributed by atoms with E-state index in [1.54, 1.807) is 0 Å². The Balaban J connectivity index is 1.64. The van der Waals surface area contributed by atoms with E-state index in [9.17, 15) is 8.78 Å². The second kappa shape index (κ2) is 5.40. The number of rotatable bonds is 2. The summed E-state index contributed by atoms with van der Waals surface area (Å²) in [6, 6.07) is 11.3. The highest BCUT2D eigenvalue weighted by Gasteiger charge is 2.46. The maximum atomic E-state index is 13.8. The van der Waals surface area contributed by atoms with Gasteiger partial charge in [0.25, 0.3) is 0 Å². The Morgan fingerprint density at radius 2 is 1.25 bits per heavy atom. The number of hydrogen-bond donors (Lipinski definition) is 0. The number of hydrogen-bond acceptors (Lipinski definition) is 0. The van der Waals surface area contributed by atoms with E-state index in [0.29, 0.717) is 16.4 Å². The van der Waals surface area contributed by atoms with Crippen molar-refractivity contribution in [1.29, 1.82) is 0 Å². The molecule has 0 radical (unpaired) electrons. The van der Waals surface area contributed by atoms with Gasteiger partial charge in [0.15, 0.2) is 0 Å². The summed E-state index contributed by atoms with van der Waals surface area (Å²) in [5, 5.41) is 0. The van der Waals surface area contributed by atoms with Gasteiger partial charge in [0.2, 0.25) is 0 Å². The molecule has 0 aromatic heterocycles. The van der Waals surface area contributed by atoms with Crippen LogP contribution in [-0.2, 0) is 5.41 Å². The summed E-state index contributed by atoms with van der Waals surface area (Å²) in [5.74, 6) is -0.960. The van der Waals surface area contributed by atoms with Crippen molar-refractivity contribution in [3.05, 3.63) is 59.2 Å². The minimum Gasteiger partial charge on any atom is -0.207 e. The fourth-order valence-electron chi connectivity index (χ4n) is 4.63. The predicted molar refractivity (Wildman–Crippen MR) is 94.0 cm³/mol. The molecule has 0 unspecified atom stereocenters. The first kappa shape index (κ1) is 15.8. The maximum Gasteiger partial charge on any atom is 0.129 e. The highest BCUT2D eigenvalue weighted by Crippen LogP contribution is 2.57. The lowest BCUT2D eigenvalue weighted by Crippen LogP contribution is -2.42. The Hall–Kier alpha value is -1.70. The first-order valence-electron chi connectivity index (χ1n) is 8.98. The van der Waals surface area contributed by atoms with Crippen LogP contribution < -0.4 is 0 Å². The molecule has 0 N–H and O–H groups in total. The Kier molecular flexibility index (Phi) is 3.56. The summed E-state index contributed by atoms with van der Waals surface area (Å²) < 4.78 is 27.6. The normalized spacial score (nSPS) is 29.0. The van der Waals surface area contributed by atoms with Crippen molar-refractivity contribution in [2.75, 3.05) is 0 Å². The third-order valence-corrected chi connectivity index (χ3v) is 6.73. The van der Waals surface area contributed by atoms with Gasteiger partial charge in [0.1, 0.15) is 11.6 Å². The molecule has 0 heterocycles. The van der Waals surface area contributed by atoms with Crippen molar-refractivity contribution in [2.45, 2.75) is 57.8 Å². The smallest absolute Gasteiger partial charge is 0.129 e. The van der Waals surface area contributed by atoms with Crippen molar-refractivity contribution >= 4 is 0 Å². The topological polar surface area (TPSA) is 0 Å². The minimum absolute atomic E-state index is 0.0849. The Morgan fingerprint density at radius 1 is 0.750 bits per heavy atom. The third-order valence-electron chi connectivity index (χ3n) is 6.73. The van der Waals surface area contributed by atoms with E-state index < -0.39 is 11.6 Å². The first-order valence-corrected chi connectivity index (χ1v) is 8.98. The number of halogens is 2. The van der Waals surface area contributed by atoms with Crippen molar-refractivity contribution in [2.24, 2.45) is 5.41 Å². The lowest BCUT2D eigenvalue weighted by atomic mass is 9.52. The Morgan fingerprint density at radius 3 is 1.75 bits per heavy atom. The molecule has 3 aliphatic rings. The average molecular weight is 326 g/mol. The fourth-order valence-corrected chi connectivity index (χ4v) is 4.63. The predicted octanol–water partition coefficient (Wildman–Crippen LogP) is 6.55. The molecule has 0 atom stereocenters. The van der Waals surface area contributed by atoms with E-state index in [2.05, 4.69) is 19.1 Å². The van der Waals surface area contributed by atoms with Crippen LogP contribution in [0, 0.1) is 24.0 Å². The molecule has 0 aliphatic heterocycles. The molecule has 3 aliphatic carbocycles. The van der Waals surface area contributed by atoms with Crippen LogP contribution in [0.25, 0.3) is 11.1 Å². The molecule has 0 nitrogen and oxygen atoms in total. The Bertz CT molecular complexity index is 726. The molecular formula is C22H24F2. The monoisotopic (exact) mass is 326 g/mol. The molecular weight excluding hydrogens is 302 g/mol. The van der Waals surface area contributed by atoms with Crippen LogP contribution in [-0.4, -0.2) is 0 Å². The first-order chi connectivity index (χ1) is 11.4. The SMILES string of the molecule is Cc1c(F)cc(-c2ccc(C34CCC(C)(CC3)CC4)cc2)cc1F. The molecule has 2 heteroatoms. The Labute approximate surface area is 142 Å². The van der Waals surface area contributed by atoms with Gasteiger partial charge < -0.3 is 0 Å². The summed E-state index contributed by atoms with van der Waals surface area (Å²) >= 11 is 0. The van der Waals surface area contributed by atoms with Crippen molar-refractivity contribution in [1.82, 2.24) is 0 Å². The summed E-state index contributed by atoms with van der Waals surface area (Å²) in [6.07, 6.45) is 7.79. The van der Waals surface area contributed by atoms with Crippen LogP contribution in [0.15, 0.2) is 36.4 Å². The average Bonchev–Trinajstić information content (AvgIpc) is 2.60. The largest absolute Gasteiger partial charge is 0.207 e. The lowest BCUT2D eigenvalue weighted by Gasteiger charge is -2.52. The van der Waals surface area contributed by atoms with Crippen LogP contribution in [0.4, 0.5) is 8.78 Å². The molecule has 0 amide bonds. The van der Waals surface area contributed by atoms with Gasteiger partial charge in [-0.3, -0.25) is 0 Å². The zero-order chi connectivity index (χ0) is 16.9. The van der Waals surface area contributed by atoms with E-state index >= 15 is 0 Å². The summed E-state index contributed by atoms with van der Waals surface area (Å²) in [7, 11) is 0. The quantitative estimate of drug-likeness (QED) is 0.587. The zero-order valence-corrected chi connectivity index (χ0v) is 14.5. The van der Waals surface area contributed by atoms with E-state index in [1.165, 1.54) is 63.1 Å². The van der Waals surface area contributed by atoms with Crippen LogP contribution >= 0.6 is 0 Å². The molecule has 5 rings (SSSR count). The second-order valence-electron chi connectivity index (χ2n) is 8.23. The van der Waals surface area contributed by atoms with Crippen LogP contribution in [0.3, 0.4) is 0 Å². The molecule has 0 spiro atoms. The number of fused-ring (bicyclic) bond motifs is 3. The molecule has 0 saturated heterocycles. The van der Waals surface area contributed by atoms with Crippen molar-refractivity contribution in [3.8, 4) is 11.1 Å². The summed E-state index contributed by atoms with van der Waals surface area (Å²) in [4.78, 5) is 0. The highest BCUT2D eigenvalue weighted by atomic mass is 19.1. The number of benzene rings is 2. The molecule has 2 aromatic carbocycles. The molecule has 2 bridgehead atoms. The van der Waals surface area contributed by atoms with E-state index in [4.69, 9.17) is 0 Å². The van der Waals surface area contributed by atoms with Crippen LogP contribution in [0.5, 0.6) is 0 Å². The highest BCUT2D eigenvalue weighted by molar-refractivity contribution is 5.64. The zero-order valence-electron chi connectivity index (χ0n) is 14.5. The minimum atomic E-state index is -0.480. The van der Waals surface area contributed by atoms with Crippen molar-refractivity contribution in [3.63, 3.8) is 0 Å². The van der Waals surface area contributed by atoms with Gasteiger partial charge >= 0.3 is 0 Å². The van der Waals surface area contributed by atoms with Gasteiger partial charge in [-0.05, 0) is 85.1 Å². The summed E-state index contributed by atoms with van der Waals surface area (Å²) in [6.45, 7) is 3.90.